The second-order valence-electron chi connectivity index (χ2n) is 5.91. The number of rotatable bonds is 7. The molecule has 7 nitrogen and oxygen atoms in total. The second-order valence-corrected chi connectivity index (χ2v) is 5.91. The summed E-state index contributed by atoms with van der Waals surface area (Å²) in [5, 5.41) is 13.2. The van der Waals surface area contributed by atoms with E-state index in [2.05, 4.69) is 17.1 Å². The number of amides is 1. The van der Waals surface area contributed by atoms with Crippen molar-refractivity contribution in [3.05, 3.63) is 28.0 Å². The molecule has 1 aromatic rings. The lowest BCUT2D eigenvalue weighted by atomic mass is 10.0. The van der Waals surface area contributed by atoms with Gasteiger partial charge in [-0.3, -0.25) is 14.9 Å². The van der Waals surface area contributed by atoms with Crippen LogP contribution in [-0.4, -0.2) is 41.9 Å². The van der Waals surface area contributed by atoms with Gasteiger partial charge in [-0.05, 0) is 50.8 Å². The smallest absolute Gasteiger partial charge is 0.395 e. The molecule has 1 N–H and O–H groups in total. The molecule has 0 unspecified atom stereocenters. The van der Waals surface area contributed by atoms with Gasteiger partial charge in [0, 0.05) is 13.1 Å². The average Bonchev–Trinajstić information content (AvgIpc) is 2.97. The number of furan rings is 1. The summed E-state index contributed by atoms with van der Waals surface area (Å²) in [4.78, 5) is 24.1. The van der Waals surface area contributed by atoms with Crippen LogP contribution >= 0.6 is 0 Å². The van der Waals surface area contributed by atoms with Gasteiger partial charge in [-0.1, -0.05) is 6.92 Å². The van der Waals surface area contributed by atoms with Crippen molar-refractivity contribution in [3.63, 3.8) is 0 Å². The van der Waals surface area contributed by atoms with Crippen molar-refractivity contribution >= 4 is 11.8 Å². The Morgan fingerprint density at radius 3 is 3.00 bits per heavy atom. The minimum atomic E-state index is -0.656. The molecule has 1 aliphatic rings. The number of piperidine rings is 1. The molecule has 0 spiro atoms. The van der Waals surface area contributed by atoms with Gasteiger partial charge < -0.3 is 14.6 Å². The molecular formula is C15H23N3O4. The van der Waals surface area contributed by atoms with E-state index in [0.717, 1.165) is 25.3 Å². The first-order chi connectivity index (χ1) is 10.6. The van der Waals surface area contributed by atoms with E-state index >= 15 is 0 Å². The van der Waals surface area contributed by atoms with Crippen LogP contribution in [0.25, 0.3) is 0 Å². The summed E-state index contributed by atoms with van der Waals surface area (Å²) >= 11 is 0. The fourth-order valence-corrected chi connectivity index (χ4v) is 2.79. The number of nitro groups is 1. The van der Waals surface area contributed by atoms with Gasteiger partial charge in [0.1, 0.15) is 4.92 Å². The lowest BCUT2D eigenvalue weighted by Gasteiger charge is -2.30. The van der Waals surface area contributed by atoms with Crippen molar-refractivity contribution < 1.29 is 14.1 Å². The van der Waals surface area contributed by atoms with Crippen molar-refractivity contribution in [1.82, 2.24) is 10.2 Å². The first-order valence-electron chi connectivity index (χ1n) is 7.81. The van der Waals surface area contributed by atoms with Gasteiger partial charge in [-0.15, -0.1) is 0 Å². The maximum atomic E-state index is 11.8. The number of nitrogens with zero attached hydrogens (tertiary/aromatic N) is 2. The molecule has 0 saturated carbocycles. The van der Waals surface area contributed by atoms with Crippen molar-refractivity contribution in [3.8, 4) is 0 Å². The molecule has 2 rings (SSSR count). The van der Waals surface area contributed by atoms with Crippen LogP contribution in [0.2, 0.25) is 0 Å². The molecule has 0 bridgehead atoms. The number of carbonyl (C=O) groups is 1. The van der Waals surface area contributed by atoms with Crippen LogP contribution in [0, 0.1) is 16.0 Å². The summed E-state index contributed by atoms with van der Waals surface area (Å²) in [6, 6.07) is 2.51. The topological polar surface area (TPSA) is 88.6 Å². The molecule has 122 valence electrons. The number of nitrogens with one attached hydrogen (secondary N) is 1. The fraction of sp³-hybridized carbons (Fsp3) is 0.667. The minimum absolute atomic E-state index is 0.0171. The highest BCUT2D eigenvalue weighted by atomic mass is 16.6. The summed E-state index contributed by atoms with van der Waals surface area (Å²) in [7, 11) is 0. The van der Waals surface area contributed by atoms with Gasteiger partial charge in [-0.2, -0.15) is 0 Å². The SMILES string of the molecule is C[C@@H]1CCCN(CCCCNC(=O)c2ccc([N+](=O)[O-])o2)C1. The number of hydrogen-bond acceptors (Lipinski definition) is 5. The maximum absolute atomic E-state index is 11.8. The Morgan fingerprint density at radius 2 is 2.32 bits per heavy atom. The third kappa shape index (κ3) is 4.84. The van der Waals surface area contributed by atoms with Crippen LogP contribution in [0.4, 0.5) is 5.88 Å². The van der Waals surface area contributed by atoms with Gasteiger partial charge in [0.25, 0.3) is 5.91 Å². The van der Waals surface area contributed by atoms with Gasteiger partial charge >= 0.3 is 5.88 Å². The maximum Gasteiger partial charge on any atom is 0.433 e. The first-order valence-corrected chi connectivity index (χ1v) is 7.81. The summed E-state index contributed by atoms with van der Waals surface area (Å²) < 4.78 is 4.85. The Labute approximate surface area is 129 Å². The highest BCUT2D eigenvalue weighted by molar-refractivity contribution is 5.91. The summed E-state index contributed by atoms with van der Waals surface area (Å²) in [6.45, 7) is 6.24. The zero-order valence-electron chi connectivity index (χ0n) is 12.9. The zero-order chi connectivity index (χ0) is 15.9. The number of carbonyl (C=O) groups excluding carboxylic acids is 1. The predicted octanol–water partition coefficient (Wildman–Crippen LogP) is 2.43. The molecule has 1 amide bonds. The van der Waals surface area contributed by atoms with Gasteiger partial charge in [0.2, 0.25) is 0 Å². The van der Waals surface area contributed by atoms with E-state index in [-0.39, 0.29) is 5.76 Å². The number of unbranched alkanes of at least 4 members (excludes halogenated alkanes) is 1. The largest absolute Gasteiger partial charge is 0.433 e. The molecule has 0 radical (unpaired) electrons. The molecule has 0 aromatic carbocycles. The normalized spacial score (nSPS) is 19.0. The molecule has 1 atom stereocenters. The Bertz CT molecular complexity index is 515. The third-order valence-electron chi connectivity index (χ3n) is 3.92. The van der Waals surface area contributed by atoms with Crippen LogP contribution in [0.1, 0.15) is 43.2 Å². The molecule has 2 heterocycles. The lowest BCUT2D eigenvalue weighted by molar-refractivity contribution is -0.402. The number of hydrogen-bond donors (Lipinski definition) is 1. The van der Waals surface area contributed by atoms with Gasteiger partial charge in [0.15, 0.2) is 5.76 Å². The number of likely N-dealkylation sites (tertiary alicyclic amines) is 1. The van der Waals surface area contributed by atoms with E-state index in [1.807, 2.05) is 0 Å². The third-order valence-corrected chi connectivity index (χ3v) is 3.92. The van der Waals surface area contributed by atoms with Crippen LogP contribution in [-0.2, 0) is 0 Å². The monoisotopic (exact) mass is 309 g/mol. The molecule has 7 heteroatoms. The van der Waals surface area contributed by atoms with Crippen LogP contribution < -0.4 is 5.32 Å². The van der Waals surface area contributed by atoms with E-state index in [1.165, 1.54) is 38.1 Å². The van der Waals surface area contributed by atoms with Crippen molar-refractivity contribution in [1.29, 1.82) is 0 Å². The van der Waals surface area contributed by atoms with E-state index in [0.29, 0.717) is 6.54 Å². The highest BCUT2D eigenvalue weighted by Crippen LogP contribution is 2.16. The Hall–Kier alpha value is -1.89. The molecule has 1 fully saturated rings. The summed E-state index contributed by atoms with van der Waals surface area (Å²) in [5.74, 6) is -0.0520. The van der Waals surface area contributed by atoms with Gasteiger partial charge in [0.05, 0.1) is 6.07 Å². The molecule has 1 aromatic heterocycles. The minimum Gasteiger partial charge on any atom is -0.395 e. The van der Waals surface area contributed by atoms with E-state index in [4.69, 9.17) is 4.42 Å². The summed E-state index contributed by atoms with van der Waals surface area (Å²) in [6.07, 6.45) is 4.52. The fourth-order valence-electron chi connectivity index (χ4n) is 2.79. The average molecular weight is 309 g/mol. The van der Waals surface area contributed by atoms with Crippen LogP contribution in [0.5, 0.6) is 0 Å². The Balaban J connectivity index is 1.61. The Morgan fingerprint density at radius 1 is 1.50 bits per heavy atom. The van der Waals surface area contributed by atoms with E-state index < -0.39 is 16.7 Å². The standard InChI is InChI=1S/C15H23N3O4/c1-12-5-4-10-17(11-12)9-3-2-8-16-15(19)13-6-7-14(22-13)18(20)21/h6-7,12H,2-5,8-11H2,1H3,(H,16,19)/t12-/m1/s1. The molecule has 1 saturated heterocycles. The van der Waals surface area contributed by atoms with E-state index in [1.54, 1.807) is 0 Å². The second kappa shape index (κ2) is 7.93. The van der Waals surface area contributed by atoms with Gasteiger partial charge in [-0.25, -0.2) is 0 Å². The molecule has 1 aliphatic heterocycles. The molecule has 0 aliphatic carbocycles. The van der Waals surface area contributed by atoms with Crippen molar-refractivity contribution in [2.24, 2.45) is 5.92 Å². The quantitative estimate of drug-likeness (QED) is 0.475. The molecule has 22 heavy (non-hydrogen) atoms. The Kier molecular flexibility index (Phi) is 5.94. The summed E-state index contributed by atoms with van der Waals surface area (Å²) in [5.41, 5.74) is 0. The van der Waals surface area contributed by atoms with Crippen LogP contribution in [0.3, 0.4) is 0 Å². The van der Waals surface area contributed by atoms with E-state index in [9.17, 15) is 14.9 Å². The van der Waals surface area contributed by atoms with Crippen molar-refractivity contribution in [2.45, 2.75) is 32.6 Å². The van der Waals surface area contributed by atoms with Crippen LogP contribution in [0.15, 0.2) is 16.5 Å². The van der Waals surface area contributed by atoms with Crippen molar-refractivity contribution in [2.75, 3.05) is 26.2 Å². The predicted molar refractivity (Wildman–Crippen MR) is 81.8 cm³/mol. The molecular weight excluding hydrogens is 286 g/mol. The lowest BCUT2D eigenvalue weighted by Crippen LogP contribution is -2.35. The first kappa shape index (κ1) is 16.5. The zero-order valence-corrected chi connectivity index (χ0v) is 12.9. The highest BCUT2D eigenvalue weighted by Gasteiger charge is 2.17.